The second kappa shape index (κ2) is 8.89. The number of hydrogen-bond acceptors (Lipinski definition) is 1. The van der Waals surface area contributed by atoms with Crippen molar-refractivity contribution in [2.45, 2.75) is 19.3 Å². The number of anilines is 2. The van der Waals surface area contributed by atoms with Gasteiger partial charge in [0.2, 0.25) is 0 Å². The fourth-order valence-electron chi connectivity index (χ4n) is 7.53. The summed E-state index contributed by atoms with van der Waals surface area (Å²) >= 11 is 0. The first-order chi connectivity index (χ1) is 20.8. The van der Waals surface area contributed by atoms with Crippen LogP contribution in [0.25, 0.3) is 33.4 Å². The van der Waals surface area contributed by atoms with Crippen LogP contribution < -0.4 is 4.90 Å². The van der Waals surface area contributed by atoms with Crippen LogP contribution in [0.5, 0.6) is 0 Å². The first kappa shape index (κ1) is 23.5. The largest absolute Gasteiger partial charge is 0.276 e. The van der Waals surface area contributed by atoms with Crippen LogP contribution in [0.2, 0.25) is 0 Å². The minimum absolute atomic E-state index is 0.0355. The van der Waals surface area contributed by atoms with Crippen LogP contribution in [0.1, 0.15) is 43.7 Å². The number of carbonyl (C=O) groups excluding carboxylic acids is 1. The van der Waals surface area contributed by atoms with Gasteiger partial charge in [0.25, 0.3) is 5.91 Å². The van der Waals surface area contributed by atoms with E-state index in [0.29, 0.717) is 0 Å². The molecule has 0 radical (unpaired) electrons. The molecule has 0 saturated carbocycles. The van der Waals surface area contributed by atoms with Crippen molar-refractivity contribution >= 4 is 17.3 Å². The summed E-state index contributed by atoms with van der Waals surface area (Å²) in [5.74, 6) is 0.0355. The maximum atomic E-state index is 15.1. The van der Waals surface area contributed by atoms with Crippen molar-refractivity contribution in [3.63, 3.8) is 0 Å². The number of carbonyl (C=O) groups is 1. The van der Waals surface area contributed by atoms with E-state index in [9.17, 15) is 0 Å². The van der Waals surface area contributed by atoms with Gasteiger partial charge < -0.3 is 0 Å². The molecule has 3 aliphatic carbocycles. The Bertz CT molecular complexity index is 2010. The molecule has 9 rings (SSSR count). The number of fused-ring (bicyclic) bond motifs is 9. The van der Waals surface area contributed by atoms with Crippen molar-refractivity contribution in [3.8, 4) is 33.4 Å². The molecule has 6 aromatic rings. The lowest BCUT2D eigenvalue weighted by atomic mass is 9.97. The van der Waals surface area contributed by atoms with Crippen LogP contribution in [-0.2, 0) is 19.3 Å². The lowest BCUT2D eigenvalue weighted by Crippen LogP contribution is -2.29. The van der Waals surface area contributed by atoms with Gasteiger partial charge in [-0.2, -0.15) is 0 Å². The van der Waals surface area contributed by atoms with Crippen molar-refractivity contribution in [3.05, 3.63) is 166 Å². The number of hydrogen-bond donors (Lipinski definition) is 0. The van der Waals surface area contributed by atoms with Gasteiger partial charge in [-0.05, 0) is 91.4 Å². The molecule has 0 saturated heterocycles. The zero-order chi connectivity index (χ0) is 27.8. The van der Waals surface area contributed by atoms with Crippen molar-refractivity contribution in [2.24, 2.45) is 0 Å². The number of rotatable bonds is 3. The molecule has 0 heterocycles. The van der Waals surface area contributed by atoms with Crippen molar-refractivity contribution < 1.29 is 4.79 Å². The van der Waals surface area contributed by atoms with E-state index in [1.165, 1.54) is 61.2 Å². The molecular formula is C40H27NO. The summed E-state index contributed by atoms with van der Waals surface area (Å²) in [6.07, 6.45) is 2.41. The van der Waals surface area contributed by atoms with Crippen LogP contribution in [0.4, 0.5) is 11.4 Å². The van der Waals surface area contributed by atoms with Crippen molar-refractivity contribution in [1.82, 2.24) is 0 Å². The second-order valence-corrected chi connectivity index (χ2v) is 11.6. The minimum atomic E-state index is 0.0355. The highest BCUT2D eigenvalue weighted by atomic mass is 16.2. The maximum Gasteiger partial charge on any atom is 0.263 e. The summed E-state index contributed by atoms with van der Waals surface area (Å²) in [5.41, 5.74) is 17.6. The van der Waals surface area contributed by atoms with Gasteiger partial charge in [-0.3, -0.25) is 9.69 Å². The Hall–Kier alpha value is -5.21. The van der Waals surface area contributed by atoms with Crippen molar-refractivity contribution in [1.29, 1.82) is 0 Å². The maximum absolute atomic E-state index is 15.1. The highest BCUT2D eigenvalue weighted by molar-refractivity contribution is 6.15. The monoisotopic (exact) mass is 537 g/mol. The molecule has 0 aliphatic heterocycles. The van der Waals surface area contributed by atoms with E-state index in [0.717, 1.165) is 41.8 Å². The normalized spacial score (nSPS) is 13.0. The summed E-state index contributed by atoms with van der Waals surface area (Å²) in [6, 6.07) is 44.9. The molecule has 0 fully saturated rings. The predicted molar refractivity (Wildman–Crippen MR) is 171 cm³/mol. The molecule has 0 bridgehead atoms. The van der Waals surface area contributed by atoms with Gasteiger partial charge in [-0.15, -0.1) is 0 Å². The molecular weight excluding hydrogens is 510 g/mol. The Kier molecular flexibility index (Phi) is 4.97. The smallest absolute Gasteiger partial charge is 0.263 e. The lowest BCUT2D eigenvalue weighted by molar-refractivity contribution is 0.0998. The van der Waals surface area contributed by atoms with Crippen molar-refractivity contribution in [2.75, 3.05) is 4.90 Å². The Morgan fingerprint density at radius 3 is 1.29 bits per heavy atom. The third kappa shape index (κ3) is 3.30. The zero-order valence-electron chi connectivity index (χ0n) is 23.1. The second-order valence-electron chi connectivity index (χ2n) is 11.6. The lowest BCUT2D eigenvalue weighted by Gasteiger charge is -2.28. The summed E-state index contributed by atoms with van der Waals surface area (Å²) in [5, 5.41) is 0. The molecule has 2 nitrogen and oxygen atoms in total. The van der Waals surface area contributed by atoms with Gasteiger partial charge in [0.15, 0.2) is 0 Å². The van der Waals surface area contributed by atoms with Crippen LogP contribution in [0.15, 0.2) is 127 Å². The van der Waals surface area contributed by atoms with Gasteiger partial charge in [-0.1, -0.05) is 109 Å². The third-order valence-electron chi connectivity index (χ3n) is 9.42. The molecule has 1 amide bonds. The van der Waals surface area contributed by atoms with Gasteiger partial charge in [0.05, 0.1) is 11.4 Å². The molecule has 0 N–H and O–H groups in total. The predicted octanol–water partition coefficient (Wildman–Crippen LogP) is 9.38. The average Bonchev–Trinajstić information content (AvgIpc) is 3.73. The Labute approximate surface area is 245 Å². The SMILES string of the molecule is O=C(c1cccc2c1Cc1ccccc1-2)N(c1cccc2c1Cc1ccccc1-2)c1cccc2c1Cc1ccccc1-2. The van der Waals surface area contributed by atoms with Gasteiger partial charge in [-0.25, -0.2) is 0 Å². The topological polar surface area (TPSA) is 20.3 Å². The first-order valence-electron chi connectivity index (χ1n) is 14.7. The standard InChI is InChI=1S/C40H27NO/c42-40(34-19-7-16-31-28-13-4-1-10-25(28)22-35(31)34)41(38-20-8-17-32-29-14-5-2-11-26(29)23-36(32)38)39-21-9-18-33-30-15-6-3-12-27(30)24-37(33)39/h1-21H,22-24H2. The fourth-order valence-corrected chi connectivity index (χ4v) is 7.53. The summed E-state index contributed by atoms with van der Waals surface area (Å²) in [7, 11) is 0. The van der Waals surface area contributed by atoms with Gasteiger partial charge in [0.1, 0.15) is 0 Å². The highest BCUT2D eigenvalue weighted by Gasteiger charge is 2.33. The van der Waals surface area contributed by atoms with Crippen LogP contribution in [0, 0.1) is 0 Å². The summed E-state index contributed by atoms with van der Waals surface area (Å²) in [4.78, 5) is 17.2. The highest BCUT2D eigenvalue weighted by Crippen LogP contribution is 2.48. The van der Waals surface area contributed by atoms with E-state index in [2.05, 4.69) is 115 Å². The molecule has 0 spiro atoms. The summed E-state index contributed by atoms with van der Waals surface area (Å²) < 4.78 is 0. The van der Waals surface area contributed by atoms with E-state index < -0.39 is 0 Å². The minimum Gasteiger partial charge on any atom is -0.276 e. The molecule has 6 aromatic carbocycles. The van der Waals surface area contributed by atoms with Crippen LogP contribution >= 0.6 is 0 Å². The average molecular weight is 538 g/mol. The Balaban J connectivity index is 1.27. The van der Waals surface area contributed by atoms with E-state index in [1.807, 2.05) is 17.0 Å². The summed E-state index contributed by atoms with van der Waals surface area (Å²) in [6.45, 7) is 0. The van der Waals surface area contributed by atoms with Crippen LogP contribution in [-0.4, -0.2) is 5.91 Å². The molecule has 0 atom stereocenters. The molecule has 42 heavy (non-hydrogen) atoms. The van der Waals surface area contributed by atoms with E-state index in [1.54, 1.807) is 0 Å². The molecule has 0 unspecified atom stereocenters. The number of amides is 1. The van der Waals surface area contributed by atoms with Gasteiger partial charge >= 0.3 is 0 Å². The molecule has 2 heteroatoms. The Morgan fingerprint density at radius 1 is 0.405 bits per heavy atom. The molecule has 3 aliphatic rings. The van der Waals surface area contributed by atoms with E-state index in [-0.39, 0.29) is 5.91 Å². The fraction of sp³-hybridized carbons (Fsp3) is 0.0750. The van der Waals surface area contributed by atoms with E-state index in [4.69, 9.17) is 0 Å². The molecule has 198 valence electrons. The first-order valence-corrected chi connectivity index (χ1v) is 14.7. The Morgan fingerprint density at radius 2 is 0.786 bits per heavy atom. The van der Waals surface area contributed by atoms with Crippen LogP contribution in [0.3, 0.4) is 0 Å². The number of nitrogens with zero attached hydrogens (tertiary/aromatic N) is 1. The zero-order valence-corrected chi connectivity index (χ0v) is 23.1. The van der Waals surface area contributed by atoms with E-state index >= 15 is 4.79 Å². The third-order valence-corrected chi connectivity index (χ3v) is 9.42. The van der Waals surface area contributed by atoms with Gasteiger partial charge in [0, 0.05) is 18.4 Å². The molecule has 0 aromatic heterocycles. The number of benzene rings is 6. The quantitative estimate of drug-likeness (QED) is 0.220.